The fraction of sp³-hybridized carbons (Fsp3) is 0. The Kier molecular flexibility index (Phi) is 4.80. The molecular weight excluding hydrogens is 304 g/mol. The van der Waals surface area contributed by atoms with Gasteiger partial charge in [-0.05, 0) is 36.4 Å². The fourth-order valence-electron chi connectivity index (χ4n) is 1.73. The van der Waals surface area contributed by atoms with Crippen molar-refractivity contribution in [2.45, 2.75) is 0 Å². The van der Waals surface area contributed by atoms with Crippen LogP contribution in [-0.4, -0.2) is 11.8 Å². The van der Waals surface area contributed by atoms with Crippen molar-refractivity contribution in [3.05, 3.63) is 70.9 Å². The molecule has 5 nitrogen and oxygen atoms in total. The molecule has 0 aliphatic rings. The molecule has 0 spiro atoms. The monoisotopic (exact) mass is 315 g/mol. The summed E-state index contributed by atoms with van der Waals surface area (Å²) in [5.41, 5.74) is 6.39. The number of nitrogens with two attached hydrogens (primary N) is 1. The average molecular weight is 316 g/mol. The maximum absolute atomic E-state index is 12.1. The second-order valence-corrected chi connectivity index (χ2v) is 4.87. The van der Waals surface area contributed by atoms with Crippen LogP contribution in [0.2, 0.25) is 5.02 Å². The predicted octanol–water partition coefficient (Wildman–Crippen LogP) is 1.85. The number of allylic oxidation sites excluding steroid dienone is 1. The normalized spacial score (nSPS) is 11.0. The van der Waals surface area contributed by atoms with Crippen LogP contribution in [0, 0.1) is 0 Å². The van der Waals surface area contributed by atoms with Crippen LogP contribution in [0.1, 0.15) is 10.4 Å². The molecule has 0 heterocycles. The Labute approximate surface area is 132 Å². The first-order valence-corrected chi connectivity index (χ1v) is 6.69. The van der Waals surface area contributed by atoms with E-state index < -0.39 is 11.8 Å². The van der Waals surface area contributed by atoms with E-state index in [1.165, 1.54) is 12.1 Å². The number of hydrogen-bond donors (Lipinski definition) is 2. The van der Waals surface area contributed by atoms with Gasteiger partial charge in [0.05, 0.1) is 23.0 Å². The van der Waals surface area contributed by atoms with Crippen LogP contribution in [-0.2, 0) is 4.79 Å². The Balaban J connectivity index is 2.27. The first-order chi connectivity index (χ1) is 10.5. The molecule has 0 saturated heterocycles. The minimum absolute atomic E-state index is 0.311. The highest BCUT2D eigenvalue weighted by molar-refractivity contribution is 6.30. The summed E-state index contributed by atoms with van der Waals surface area (Å²) in [5.74, 6) is -2.00. The van der Waals surface area contributed by atoms with Gasteiger partial charge in [-0.1, -0.05) is 23.7 Å². The number of hydrogen-bond acceptors (Lipinski definition) is 5. The molecule has 0 atom stereocenters. The van der Waals surface area contributed by atoms with Gasteiger partial charge < -0.3 is 21.0 Å². The van der Waals surface area contributed by atoms with Gasteiger partial charge in [-0.2, -0.15) is 0 Å². The van der Waals surface area contributed by atoms with Gasteiger partial charge in [-0.15, -0.1) is 0 Å². The molecule has 0 amide bonds. The van der Waals surface area contributed by atoms with Crippen molar-refractivity contribution >= 4 is 34.7 Å². The van der Waals surface area contributed by atoms with Gasteiger partial charge in [0.25, 0.3) is 0 Å². The van der Waals surface area contributed by atoms with E-state index in [0.29, 0.717) is 22.0 Å². The minimum Gasteiger partial charge on any atom is -0.543 e. The summed E-state index contributed by atoms with van der Waals surface area (Å²) >= 11 is 5.74. The third-order valence-corrected chi connectivity index (χ3v) is 3.11. The number of benzene rings is 2. The third kappa shape index (κ3) is 3.86. The highest BCUT2D eigenvalue weighted by Crippen LogP contribution is 2.19. The molecule has 112 valence electrons. The summed E-state index contributed by atoms with van der Waals surface area (Å²) in [6.45, 7) is 0. The maximum atomic E-state index is 12.1. The van der Waals surface area contributed by atoms with Gasteiger partial charge in [0.2, 0.25) is 0 Å². The molecule has 2 aromatic carbocycles. The summed E-state index contributed by atoms with van der Waals surface area (Å²) in [4.78, 5) is 23.2. The SMILES string of the molecule is Nc1ccccc1N/C(=C\C(=O)c1ccc(Cl)cc1)C(=O)[O-]. The minimum atomic E-state index is -1.51. The zero-order valence-corrected chi connectivity index (χ0v) is 12.1. The topological polar surface area (TPSA) is 95.2 Å². The summed E-state index contributed by atoms with van der Waals surface area (Å²) in [7, 11) is 0. The van der Waals surface area contributed by atoms with E-state index in [1.807, 2.05) is 0 Å². The number of nitrogen functional groups attached to an aromatic ring is 1. The smallest absolute Gasteiger partial charge is 0.187 e. The van der Waals surface area contributed by atoms with Crippen molar-refractivity contribution in [3.63, 3.8) is 0 Å². The zero-order valence-electron chi connectivity index (χ0n) is 11.4. The summed E-state index contributed by atoms with van der Waals surface area (Å²) in [5, 5.41) is 14.2. The van der Waals surface area contributed by atoms with Crippen LogP contribution < -0.4 is 16.2 Å². The van der Waals surface area contributed by atoms with Gasteiger partial charge in [0.15, 0.2) is 5.78 Å². The molecule has 0 fully saturated rings. The second kappa shape index (κ2) is 6.78. The second-order valence-electron chi connectivity index (χ2n) is 4.43. The molecule has 0 unspecified atom stereocenters. The number of halogens is 1. The molecule has 0 aromatic heterocycles. The van der Waals surface area contributed by atoms with Crippen molar-refractivity contribution < 1.29 is 14.7 Å². The number of carboxylic acids is 1. The molecule has 2 rings (SSSR count). The highest BCUT2D eigenvalue weighted by Gasteiger charge is 2.08. The first-order valence-electron chi connectivity index (χ1n) is 6.32. The molecule has 0 aliphatic carbocycles. The molecule has 22 heavy (non-hydrogen) atoms. The Morgan fingerprint density at radius 1 is 1.09 bits per heavy atom. The van der Waals surface area contributed by atoms with Crippen LogP contribution in [0.4, 0.5) is 11.4 Å². The number of carbonyl (C=O) groups excluding carboxylic acids is 2. The zero-order chi connectivity index (χ0) is 16.1. The molecular formula is C16H12ClN2O3-. The number of para-hydroxylation sites is 2. The van der Waals surface area contributed by atoms with E-state index in [1.54, 1.807) is 36.4 Å². The lowest BCUT2D eigenvalue weighted by molar-refractivity contribution is -0.299. The average Bonchev–Trinajstić information content (AvgIpc) is 2.49. The van der Waals surface area contributed by atoms with Gasteiger partial charge in [0, 0.05) is 16.7 Å². The molecule has 0 radical (unpaired) electrons. The van der Waals surface area contributed by atoms with Gasteiger partial charge >= 0.3 is 0 Å². The van der Waals surface area contributed by atoms with Gasteiger partial charge in [-0.25, -0.2) is 0 Å². The summed E-state index contributed by atoms with van der Waals surface area (Å²) < 4.78 is 0. The number of rotatable bonds is 5. The fourth-order valence-corrected chi connectivity index (χ4v) is 1.86. The van der Waals surface area contributed by atoms with E-state index in [-0.39, 0.29) is 5.70 Å². The van der Waals surface area contributed by atoms with Crippen LogP contribution in [0.3, 0.4) is 0 Å². The highest BCUT2D eigenvalue weighted by atomic mass is 35.5. The standard InChI is InChI=1S/C16H13ClN2O3/c17-11-7-5-10(6-8-11)15(20)9-14(16(21)22)19-13-4-2-1-3-12(13)18/h1-9,19H,18H2,(H,21,22)/p-1/b14-9-. The van der Waals surface area contributed by atoms with Gasteiger partial charge in [-0.3, -0.25) is 4.79 Å². The van der Waals surface area contributed by atoms with E-state index in [0.717, 1.165) is 6.08 Å². The summed E-state index contributed by atoms with van der Waals surface area (Å²) in [6, 6.07) is 12.7. The van der Waals surface area contributed by atoms with Gasteiger partial charge in [0.1, 0.15) is 0 Å². The van der Waals surface area contributed by atoms with E-state index >= 15 is 0 Å². The Hall–Kier alpha value is -2.79. The molecule has 0 saturated carbocycles. The number of nitrogens with one attached hydrogen (secondary N) is 1. The van der Waals surface area contributed by atoms with E-state index in [9.17, 15) is 14.7 Å². The lowest BCUT2D eigenvalue weighted by Crippen LogP contribution is -2.29. The number of carboxylic acid groups (broad SMARTS) is 1. The molecule has 0 bridgehead atoms. The van der Waals surface area contributed by atoms with E-state index in [2.05, 4.69) is 5.32 Å². The number of ketones is 1. The Morgan fingerprint density at radius 3 is 2.32 bits per heavy atom. The van der Waals surface area contributed by atoms with Crippen LogP contribution in [0.5, 0.6) is 0 Å². The van der Waals surface area contributed by atoms with Crippen molar-refractivity contribution in [1.29, 1.82) is 0 Å². The number of aliphatic carboxylic acids is 1. The molecule has 0 aliphatic heterocycles. The van der Waals surface area contributed by atoms with Crippen molar-refractivity contribution in [2.24, 2.45) is 0 Å². The molecule has 6 heteroatoms. The van der Waals surface area contributed by atoms with Crippen molar-refractivity contribution in [1.82, 2.24) is 0 Å². The quantitative estimate of drug-likeness (QED) is 0.499. The number of anilines is 2. The van der Waals surface area contributed by atoms with Crippen LogP contribution in [0.25, 0.3) is 0 Å². The number of carbonyl (C=O) groups is 2. The van der Waals surface area contributed by atoms with Crippen molar-refractivity contribution in [2.75, 3.05) is 11.1 Å². The lowest BCUT2D eigenvalue weighted by atomic mass is 10.1. The molecule has 3 N–H and O–H groups in total. The first kappa shape index (κ1) is 15.6. The lowest BCUT2D eigenvalue weighted by Gasteiger charge is -2.13. The largest absolute Gasteiger partial charge is 0.543 e. The third-order valence-electron chi connectivity index (χ3n) is 2.85. The van der Waals surface area contributed by atoms with Crippen molar-refractivity contribution in [3.8, 4) is 0 Å². The Morgan fingerprint density at radius 2 is 1.73 bits per heavy atom. The van der Waals surface area contributed by atoms with E-state index in [4.69, 9.17) is 17.3 Å². The van der Waals surface area contributed by atoms with Crippen LogP contribution >= 0.6 is 11.6 Å². The molecule has 2 aromatic rings. The summed E-state index contributed by atoms with van der Waals surface area (Å²) in [6.07, 6.45) is 0.949. The maximum Gasteiger partial charge on any atom is 0.187 e. The van der Waals surface area contributed by atoms with Crippen LogP contribution in [0.15, 0.2) is 60.3 Å². The predicted molar refractivity (Wildman–Crippen MR) is 83.3 cm³/mol. The Bertz CT molecular complexity index is 739.